The first-order valence-corrected chi connectivity index (χ1v) is 5.22. The number of nitrogen functional groups attached to an aromatic ring is 1. The zero-order chi connectivity index (χ0) is 13.0. The Morgan fingerprint density at radius 3 is 2.89 bits per heavy atom. The molecule has 3 N–H and O–H groups in total. The highest BCUT2D eigenvalue weighted by atomic mass is 16.5. The average molecular weight is 244 g/mol. The summed E-state index contributed by atoms with van der Waals surface area (Å²) < 4.78 is 5.05. The Kier molecular flexibility index (Phi) is 3.38. The largest absolute Gasteiger partial charge is 0.497 e. The van der Waals surface area contributed by atoms with Crippen molar-refractivity contribution in [2.75, 3.05) is 18.2 Å². The fourth-order valence-corrected chi connectivity index (χ4v) is 1.43. The molecule has 6 heteroatoms. The van der Waals surface area contributed by atoms with Crippen LogP contribution in [-0.4, -0.2) is 23.2 Å². The van der Waals surface area contributed by atoms with Gasteiger partial charge < -0.3 is 15.8 Å². The molecule has 0 saturated heterocycles. The van der Waals surface area contributed by atoms with Gasteiger partial charge >= 0.3 is 0 Å². The topological polar surface area (TPSA) is 90.1 Å². The summed E-state index contributed by atoms with van der Waals surface area (Å²) >= 11 is 0. The Balaban J connectivity index is 2.21. The van der Waals surface area contributed by atoms with Crippen LogP contribution in [0.1, 0.15) is 10.4 Å². The average Bonchev–Trinajstić information content (AvgIpc) is 2.39. The number of nitrogens with one attached hydrogen (secondary N) is 1. The number of aromatic nitrogens is 2. The number of carbonyl (C=O) groups is 1. The summed E-state index contributed by atoms with van der Waals surface area (Å²) in [7, 11) is 1.51. The predicted octanol–water partition coefficient (Wildman–Crippen LogP) is 1.32. The number of nitrogens with two attached hydrogens (primary N) is 1. The lowest BCUT2D eigenvalue weighted by Crippen LogP contribution is -2.13. The Labute approximate surface area is 104 Å². The van der Waals surface area contributed by atoms with Crippen molar-refractivity contribution in [2.45, 2.75) is 0 Å². The third kappa shape index (κ3) is 2.73. The van der Waals surface area contributed by atoms with Gasteiger partial charge in [0.25, 0.3) is 5.91 Å². The number of benzene rings is 1. The Morgan fingerprint density at radius 1 is 1.39 bits per heavy atom. The molecule has 18 heavy (non-hydrogen) atoms. The molecule has 0 atom stereocenters. The maximum atomic E-state index is 11.9. The smallest absolute Gasteiger partial charge is 0.257 e. The number of methoxy groups -OCH3 is 1. The number of carbonyl (C=O) groups excluding carboxylic acids is 1. The number of rotatable bonds is 3. The molecule has 2 aromatic rings. The second kappa shape index (κ2) is 5.13. The molecule has 0 unspecified atom stereocenters. The third-order valence-corrected chi connectivity index (χ3v) is 2.24. The second-order valence-electron chi connectivity index (χ2n) is 3.56. The van der Waals surface area contributed by atoms with Crippen molar-refractivity contribution in [1.82, 2.24) is 10.2 Å². The summed E-state index contributed by atoms with van der Waals surface area (Å²) in [5.41, 5.74) is 6.54. The molecule has 0 aliphatic heterocycles. The van der Waals surface area contributed by atoms with E-state index in [2.05, 4.69) is 15.5 Å². The molecular weight excluding hydrogens is 232 g/mol. The van der Waals surface area contributed by atoms with Crippen LogP contribution >= 0.6 is 0 Å². The summed E-state index contributed by atoms with van der Waals surface area (Å²) in [5.74, 6) is 0.587. The highest BCUT2D eigenvalue weighted by Gasteiger charge is 2.09. The number of hydrogen-bond acceptors (Lipinski definition) is 5. The minimum Gasteiger partial charge on any atom is -0.497 e. The predicted molar refractivity (Wildman–Crippen MR) is 67.4 cm³/mol. The molecule has 2 rings (SSSR count). The van der Waals surface area contributed by atoms with Gasteiger partial charge in [0.05, 0.1) is 7.11 Å². The summed E-state index contributed by atoms with van der Waals surface area (Å²) in [4.78, 5) is 11.9. The molecule has 1 aromatic carbocycles. The minimum atomic E-state index is -0.318. The molecule has 1 aromatic heterocycles. The molecule has 0 fully saturated rings. The Bertz CT molecular complexity index is 557. The van der Waals surface area contributed by atoms with E-state index in [0.717, 1.165) is 0 Å². The van der Waals surface area contributed by atoms with Crippen LogP contribution in [-0.2, 0) is 0 Å². The number of anilines is 2. The Hall–Kier alpha value is -2.63. The van der Waals surface area contributed by atoms with Crippen molar-refractivity contribution >= 4 is 17.4 Å². The summed E-state index contributed by atoms with van der Waals surface area (Å²) in [6, 6.07) is 8.13. The van der Waals surface area contributed by atoms with Crippen molar-refractivity contribution in [1.29, 1.82) is 0 Å². The zero-order valence-electron chi connectivity index (χ0n) is 9.75. The number of amides is 1. The van der Waals surface area contributed by atoms with Gasteiger partial charge in [-0.15, -0.1) is 5.10 Å². The summed E-state index contributed by atoms with van der Waals surface area (Å²) in [6.45, 7) is 0. The van der Waals surface area contributed by atoms with Gasteiger partial charge in [0, 0.05) is 23.5 Å². The summed E-state index contributed by atoms with van der Waals surface area (Å²) in [5, 5.41) is 10.0. The van der Waals surface area contributed by atoms with E-state index >= 15 is 0 Å². The maximum absolute atomic E-state index is 11.9. The highest BCUT2D eigenvalue weighted by Crippen LogP contribution is 2.19. The van der Waals surface area contributed by atoms with E-state index in [4.69, 9.17) is 10.5 Å². The third-order valence-electron chi connectivity index (χ3n) is 2.24. The van der Waals surface area contributed by atoms with Gasteiger partial charge in [-0.1, -0.05) is 0 Å². The zero-order valence-corrected chi connectivity index (χ0v) is 9.75. The second-order valence-corrected chi connectivity index (χ2v) is 3.56. The van der Waals surface area contributed by atoms with Crippen molar-refractivity contribution < 1.29 is 9.53 Å². The molecule has 0 aliphatic carbocycles. The van der Waals surface area contributed by atoms with Crippen molar-refractivity contribution in [3.8, 4) is 5.75 Å². The van der Waals surface area contributed by atoms with E-state index in [1.807, 2.05) is 0 Å². The summed E-state index contributed by atoms with van der Waals surface area (Å²) in [6.07, 6.45) is 1.53. The van der Waals surface area contributed by atoms with E-state index in [-0.39, 0.29) is 5.91 Å². The highest BCUT2D eigenvalue weighted by molar-refractivity contribution is 6.04. The van der Waals surface area contributed by atoms with E-state index in [1.54, 1.807) is 30.3 Å². The minimum absolute atomic E-state index is 0.318. The van der Waals surface area contributed by atoms with Gasteiger partial charge in [-0.25, -0.2) is 0 Å². The van der Waals surface area contributed by atoms with Gasteiger partial charge in [-0.2, -0.15) is 5.10 Å². The standard InChI is InChI=1S/C12H12N4O2/c1-18-10-6-8(5-9(13)7-10)12(17)15-11-3-2-4-14-16-11/h2-7H,13H2,1H3,(H,15,16,17). The molecule has 92 valence electrons. The molecule has 0 spiro atoms. The molecule has 0 radical (unpaired) electrons. The van der Waals surface area contributed by atoms with Crippen LogP contribution in [0.2, 0.25) is 0 Å². The molecular formula is C12H12N4O2. The number of hydrogen-bond donors (Lipinski definition) is 2. The van der Waals surface area contributed by atoms with Crippen molar-refractivity contribution in [2.24, 2.45) is 0 Å². The fraction of sp³-hybridized carbons (Fsp3) is 0.0833. The SMILES string of the molecule is COc1cc(N)cc(C(=O)Nc2cccnn2)c1. The van der Waals surface area contributed by atoms with Gasteiger partial charge in [0.15, 0.2) is 5.82 Å². The van der Waals surface area contributed by atoms with Gasteiger partial charge in [-0.05, 0) is 24.3 Å². The van der Waals surface area contributed by atoms with Crippen LogP contribution in [0, 0.1) is 0 Å². The van der Waals surface area contributed by atoms with Gasteiger partial charge in [0.1, 0.15) is 5.75 Å². The molecule has 0 aliphatic rings. The van der Waals surface area contributed by atoms with Gasteiger partial charge in [-0.3, -0.25) is 4.79 Å². The lowest BCUT2D eigenvalue weighted by atomic mass is 10.1. The quantitative estimate of drug-likeness (QED) is 0.795. The molecule has 1 heterocycles. The van der Waals surface area contributed by atoms with Gasteiger partial charge in [0.2, 0.25) is 0 Å². The molecule has 0 saturated carbocycles. The van der Waals surface area contributed by atoms with E-state index in [0.29, 0.717) is 22.8 Å². The van der Waals surface area contributed by atoms with Crippen LogP contribution in [0.3, 0.4) is 0 Å². The lowest BCUT2D eigenvalue weighted by Gasteiger charge is -2.07. The Morgan fingerprint density at radius 2 is 2.22 bits per heavy atom. The van der Waals surface area contributed by atoms with E-state index in [1.165, 1.54) is 13.3 Å². The van der Waals surface area contributed by atoms with Crippen LogP contribution < -0.4 is 15.8 Å². The molecule has 1 amide bonds. The molecule has 6 nitrogen and oxygen atoms in total. The van der Waals surface area contributed by atoms with Crippen LogP contribution in [0.4, 0.5) is 11.5 Å². The monoisotopic (exact) mass is 244 g/mol. The fourth-order valence-electron chi connectivity index (χ4n) is 1.43. The lowest BCUT2D eigenvalue weighted by molar-refractivity contribution is 0.102. The maximum Gasteiger partial charge on any atom is 0.257 e. The van der Waals surface area contributed by atoms with Crippen LogP contribution in [0.5, 0.6) is 5.75 Å². The van der Waals surface area contributed by atoms with Crippen molar-refractivity contribution in [3.05, 3.63) is 42.1 Å². The first-order valence-electron chi connectivity index (χ1n) is 5.22. The molecule has 0 bridgehead atoms. The first kappa shape index (κ1) is 11.8. The van der Waals surface area contributed by atoms with E-state index in [9.17, 15) is 4.79 Å². The number of nitrogens with zero attached hydrogens (tertiary/aromatic N) is 2. The number of ether oxygens (including phenoxy) is 1. The van der Waals surface area contributed by atoms with Crippen LogP contribution in [0.25, 0.3) is 0 Å². The van der Waals surface area contributed by atoms with E-state index < -0.39 is 0 Å². The van der Waals surface area contributed by atoms with Crippen LogP contribution in [0.15, 0.2) is 36.5 Å². The normalized spacial score (nSPS) is 9.83. The first-order chi connectivity index (χ1) is 8.69. The van der Waals surface area contributed by atoms with Crippen molar-refractivity contribution in [3.63, 3.8) is 0 Å².